The van der Waals surface area contributed by atoms with Gasteiger partial charge in [-0.05, 0) is 47.5 Å². The van der Waals surface area contributed by atoms with Gasteiger partial charge in [0.15, 0.2) is 17.3 Å². The predicted octanol–water partition coefficient (Wildman–Crippen LogP) is 3.80. The number of H-pyrrole nitrogens is 1. The van der Waals surface area contributed by atoms with Crippen molar-refractivity contribution in [3.63, 3.8) is 0 Å². The van der Waals surface area contributed by atoms with Gasteiger partial charge in [-0.25, -0.2) is 18.7 Å². The molecular formula is C25H19F2N7O. The van der Waals surface area contributed by atoms with Gasteiger partial charge in [-0.3, -0.25) is 14.9 Å². The van der Waals surface area contributed by atoms with Crippen LogP contribution in [0.4, 0.5) is 14.6 Å². The molecule has 5 aromatic rings. The molecule has 0 fully saturated rings. The van der Waals surface area contributed by atoms with Crippen molar-refractivity contribution in [1.29, 1.82) is 0 Å². The van der Waals surface area contributed by atoms with Crippen molar-refractivity contribution in [2.24, 2.45) is 0 Å². The maximum atomic E-state index is 13.4. The number of carbonyl (C=O) groups is 1. The number of hydrogen-bond donors (Lipinski definition) is 3. The Labute approximate surface area is 198 Å². The second-order valence-corrected chi connectivity index (χ2v) is 7.92. The molecule has 8 nitrogen and oxygen atoms in total. The van der Waals surface area contributed by atoms with Crippen LogP contribution in [0, 0.1) is 11.6 Å². The molecule has 4 aromatic heterocycles. The Bertz CT molecular complexity index is 1530. The molecule has 4 N–H and O–H groups in total. The maximum absolute atomic E-state index is 13.4. The summed E-state index contributed by atoms with van der Waals surface area (Å²) in [6.07, 6.45) is 5.45. The third-order valence-corrected chi connectivity index (χ3v) is 5.46. The molecule has 0 aliphatic carbocycles. The molecular weight excluding hydrogens is 452 g/mol. The third kappa shape index (κ3) is 4.81. The third-order valence-electron chi connectivity index (χ3n) is 5.46. The molecule has 1 amide bonds. The van der Waals surface area contributed by atoms with E-state index in [0.717, 1.165) is 34.3 Å². The first-order valence-electron chi connectivity index (χ1n) is 10.7. The molecule has 4 heterocycles. The summed E-state index contributed by atoms with van der Waals surface area (Å²) in [6, 6.07) is 12.3. The van der Waals surface area contributed by atoms with E-state index in [1.807, 2.05) is 18.2 Å². The number of nitrogens with zero attached hydrogens (tertiary/aromatic N) is 4. The minimum absolute atomic E-state index is 0.0329. The van der Waals surface area contributed by atoms with Gasteiger partial charge < -0.3 is 11.1 Å². The lowest BCUT2D eigenvalue weighted by Gasteiger charge is -2.11. The minimum atomic E-state index is -0.969. The number of hydrogen-bond acceptors (Lipinski definition) is 6. The van der Waals surface area contributed by atoms with Gasteiger partial charge in [0.1, 0.15) is 5.82 Å². The summed E-state index contributed by atoms with van der Waals surface area (Å²) in [5.74, 6) is -2.03. The zero-order valence-corrected chi connectivity index (χ0v) is 18.3. The number of halogens is 2. The Balaban J connectivity index is 1.32. The van der Waals surface area contributed by atoms with Gasteiger partial charge in [0.05, 0.1) is 23.1 Å². The van der Waals surface area contributed by atoms with Gasteiger partial charge >= 0.3 is 0 Å². The van der Waals surface area contributed by atoms with Crippen LogP contribution in [-0.4, -0.2) is 31.1 Å². The second kappa shape index (κ2) is 9.26. The summed E-state index contributed by atoms with van der Waals surface area (Å²) in [5, 5.41) is 10.4. The number of rotatable bonds is 6. The van der Waals surface area contributed by atoms with E-state index >= 15 is 0 Å². The van der Waals surface area contributed by atoms with Gasteiger partial charge in [-0.15, -0.1) is 0 Å². The fourth-order valence-corrected chi connectivity index (χ4v) is 3.66. The number of nitrogens with one attached hydrogen (secondary N) is 2. The van der Waals surface area contributed by atoms with Gasteiger partial charge in [-0.2, -0.15) is 5.10 Å². The number of anilines is 1. The van der Waals surface area contributed by atoms with Crippen LogP contribution in [0.2, 0.25) is 0 Å². The Morgan fingerprint density at radius 3 is 2.60 bits per heavy atom. The summed E-state index contributed by atoms with van der Waals surface area (Å²) >= 11 is 0. The van der Waals surface area contributed by atoms with Crippen LogP contribution >= 0.6 is 0 Å². The van der Waals surface area contributed by atoms with Crippen molar-refractivity contribution in [2.75, 3.05) is 5.73 Å². The van der Waals surface area contributed by atoms with Gasteiger partial charge in [-0.1, -0.05) is 12.1 Å². The van der Waals surface area contributed by atoms with Crippen molar-refractivity contribution >= 4 is 22.8 Å². The van der Waals surface area contributed by atoms with E-state index in [0.29, 0.717) is 28.9 Å². The number of benzene rings is 1. The van der Waals surface area contributed by atoms with Crippen LogP contribution in [0.1, 0.15) is 27.2 Å². The first-order valence-corrected chi connectivity index (χ1v) is 10.7. The molecule has 0 saturated carbocycles. The number of nitrogens with two attached hydrogens (primary N) is 1. The number of pyridine rings is 3. The summed E-state index contributed by atoms with van der Waals surface area (Å²) in [5.41, 5.74) is 10.2. The topological polar surface area (TPSA) is 122 Å². The smallest absolute Gasteiger partial charge is 0.253 e. The largest absolute Gasteiger partial charge is 0.384 e. The van der Waals surface area contributed by atoms with Crippen molar-refractivity contribution in [3.8, 4) is 11.3 Å². The molecule has 1 aromatic carbocycles. The average molecular weight is 471 g/mol. The quantitative estimate of drug-likeness (QED) is 0.346. The fourth-order valence-electron chi connectivity index (χ4n) is 3.66. The molecule has 174 valence electrons. The van der Waals surface area contributed by atoms with Crippen LogP contribution in [0.15, 0.2) is 67.1 Å². The molecule has 35 heavy (non-hydrogen) atoms. The average Bonchev–Trinajstić information content (AvgIpc) is 3.33. The maximum Gasteiger partial charge on any atom is 0.253 e. The first-order chi connectivity index (χ1) is 17.0. The Morgan fingerprint density at radius 2 is 1.80 bits per heavy atom. The highest BCUT2D eigenvalue weighted by Gasteiger charge is 2.15. The molecule has 5 rings (SSSR count). The molecule has 0 bridgehead atoms. The highest BCUT2D eigenvalue weighted by atomic mass is 19.2. The fraction of sp³-hybridized carbons (Fsp3) is 0.0800. The normalized spacial score (nSPS) is 11.0. The number of fused-ring (bicyclic) bond motifs is 1. The Kier molecular flexibility index (Phi) is 5.84. The lowest BCUT2D eigenvalue weighted by atomic mass is 10.0. The van der Waals surface area contributed by atoms with E-state index in [9.17, 15) is 13.6 Å². The van der Waals surface area contributed by atoms with Crippen LogP contribution in [-0.2, 0) is 13.0 Å². The molecule has 0 spiro atoms. The predicted molar refractivity (Wildman–Crippen MR) is 126 cm³/mol. The van der Waals surface area contributed by atoms with E-state index in [2.05, 4.69) is 30.5 Å². The summed E-state index contributed by atoms with van der Waals surface area (Å²) < 4.78 is 26.6. The van der Waals surface area contributed by atoms with Crippen LogP contribution < -0.4 is 11.1 Å². The molecule has 0 radical (unpaired) electrons. The van der Waals surface area contributed by atoms with Gasteiger partial charge in [0, 0.05) is 36.3 Å². The highest BCUT2D eigenvalue weighted by Crippen LogP contribution is 2.21. The van der Waals surface area contributed by atoms with Gasteiger partial charge in [0.25, 0.3) is 5.91 Å². The zero-order chi connectivity index (χ0) is 24.4. The minimum Gasteiger partial charge on any atom is -0.384 e. The number of carbonyl (C=O) groups excluding carboxylic acids is 1. The highest BCUT2D eigenvalue weighted by molar-refractivity contribution is 5.95. The molecule has 0 aliphatic heterocycles. The number of amides is 1. The van der Waals surface area contributed by atoms with E-state index in [-0.39, 0.29) is 12.4 Å². The SMILES string of the molecule is Nc1ccc(C(=O)NCc2ccc(F)c(F)c2)c(Cc2ccc(-c3cnc4[nH]ncc4c3)nc2)n1. The van der Waals surface area contributed by atoms with Crippen LogP contribution in [0.3, 0.4) is 0 Å². The van der Waals surface area contributed by atoms with E-state index in [4.69, 9.17) is 5.73 Å². The summed E-state index contributed by atoms with van der Waals surface area (Å²) in [6.45, 7) is 0.0329. The van der Waals surface area contributed by atoms with Crippen LogP contribution in [0.5, 0.6) is 0 Å². The van der Waals surface area contributed by atoms with Crippen molar-refractivity contribution < 1.29 is 13.6 Å². The van der Waals surface area contributed by atoms with E-state index in [1.54, 1.807) is 24.7 Å². The molecule has 0 unspecified atom stereocenters. The van der Waals surface area contributed by atoms with Crippen molar-refractivity contribution in [1.82, 2.24) is 30.5 Å². The monoisotopic (exact) mass is 471 g/mol. The summed E-state index contributed by atoms with van der Waals surface area (Å²) in [7, 11) is 0. The van der Waals surface area contributed by atoms with E-state index in [1.165, 1.54) is 12.1 Å². The molecule has 0 saturated heterocycles. The molecule has 0 atom stereocenters. The lowest BCUT2D eigenvalue weighted by Crippen LogP contribution is -2.25. The molecule has 10 heteroatoms. The summed E-state index contributed by atoms with van der Waals surface area (Å²) in [4.78, 5) is 26.0. The standard InChI is InChI=1S/C25H19F2N7O/c26-19-4-1-14(7-20(19)27)11-31-25(35)18-3-6-23(28)33-22(18)8-15-2-5-21(29-10-15)16-9-17-13-32-34-24(17)30-12-16/h1-7,9-10,12-13H,8,11H2,(H2,28,33)(H,31,35)(H,30,32,34). The van der Waals surface area contributed by atoms with Gasteiger partial charge in [0.2, 0.25) is 0 Å². The van der Waals surface area contributed by atoms with Crippen molar-refractivity contribution in [2.45, 2.75) is 13.0 Å². The second-order valence-electron chi connectivity index (χ2n) is 7.92. The van der Waals surface area contributed by atoms with Crippen molar-refractivity contribution in [3.05, 3.63) is 101 Å². The van der Waals surface area contributed by atoms with E-state index < -0.39 is 17.5 Å². The first kappa shape index (κ1) is 22.1. The van der Waals surface area contributed by atoms with Crippen LogP contribution in [0.25, 0.3) is 22.3 Å². The Morgan fingerprint density at radius 1 is 0.943 bits per heavy atom. The molecule has 0 aliphatic rings. The number of aromatic nitrogens is 5. The number of aromatic amines is 1. The Hall–Kier alpha value is -4.73. The zero-order valence-electron chi connectivity index (χ0n) is 18.3. The lowest BCUT2D eigenvalue weighted by molar-refractivity contribution is 0.0949. The number of nitrogen functional groups attached to an aromatic ring is 1.